The van der Waals surface area contributed by atoms with Crippen LogP contribution in [0, 0.1) is 0 Å². The van der Waals surface area contributed by atoms with E-state index in [1.165, 1.54) is 16.6 Å². The molecular weight excluding hydrogens is 228 g/mol. The summed E-state index contributed by atoms with van der Waals surface area (Å²) in [6, 6.07) is 1.55. The van der Waals surface area contributed by atoms with Crippen LogP contribution in [-0.2, 0) is 16.6 Å². The molecule has 5 nitrogen and oxygen atoms in total. The predicted molar refractivity (Wildman–Crippen MR) is 59.3 cm³/mol. The van der Waals surface area contributed by atoms with E-state index in [9.17, 15) is 8.42 Å². The predicted octanol–water partition coefficient (Wildman–Crippen LogP) is 0.680. The van der Waals surface area contributed by atoms with E-state index in [-0.39, 0.29) is 17.5 Å². The number of sulfonamides is 1. The Morgan fingerprint density at radius 3 is 2.88 bits per heavy atom. The van der Waals surface area contributed by atoms with Crippen molar-refractivity contribution in [1.29, 1.82) is 0 Å². The van der Waals surface area contributed by atoms with Gasteiger partial charge in [0.2, 0.25) is 10.0 Å². The summed E-state index contributed by atoms with van der Waals surface area (Å²) in [4.78, 5) is 2.99. The third-order valence-electron chi connectivity index (χ3n) is 2.99. The van der Waals surface area contributed by atoms with Crippen LogP contribution < -0.4 is 0 Å². The Bertz CT molecular complexity index is 466. The lowest BCUT2D eigenvalue weighted by Gasteiger charge is -2.19. The minimum absolute atomic E-state index is 0.0671. The van der Waals surface area contributed by atoms with E-state index in [0.29, 0.717) is 12.2 Å². The van der Waals surface area contributed by atoms with Gasteiger partial charge in [-0.2, -0.15) is 4.31 Å². The van der Waals surface area contributed by atoms with Gasteiger partial charge in [0.05, 0.1) is 11.5 Å². The summed E-state index contributed by atoms with van der Waals surface area (Å²) < 4.78 is 25.9. The average Bonchev–Trinajstić information content (AvgIpc) is 2.85. The van der Waals surface area contributed by atoms with Crippen molar-refractivity contribution < 1.29 is 13.5 Å². The van der Waals surface area contributed by atoms with Gasteiger partial charge in [-0.1, -0.05) is 0 Å². The van der Waals surface area contributed by atoms with Gasteiger partial charge < -0.3 is 10.1 Å². The monoisotopic (exact) mass is 244 g/mol. The maximum Gasteiger partial charge on any atom is 0.244 e. The van der Waals surface area contributed by atoms with E-state index in [1.807, 2.05) is 6.92 Å². The number of aromatic amines is 1. The van der Waals surface area contributed by atoms with Gasteiger partial charge in [0, 0.05) is 24.5 Å². The molecular formula is C10H16N2O3S. The Kier molecular flexibility index (Phi) is 3.05. The molecule has 1 unspecified atom stereocenters. The zero-order valence-corrected chi connectivity index (χ0v) is 10.00. The molecule has 1 aromatic rings. The summed E-state index contributed by atoms with van der Waals surface area (Å²) in [7, 11) is -3.39. The fourth-order valence-corrected chi connectivity index (χ4v) is 3.78. The SMILES string of the molecule is CC1CCCN1S(=O)(=O)c1c[nH]c(CO)c1. The first-order chi connectivity index (χ1) is 7.55. The summed E-state index contributed by atoms with van der Waals surface area (Å²) in [5.41, 5.74) is 0.519. The Morgan fingerprint density at radius 2 is 2.38 bits per heavy atom. The second-order valence-corrected chi connectivity index (χ2v) is 6.02. The van der Waals surface area contributed by atoms with Crippen molar-refractivity contribution in [1.82, 2.24) is 9.29 Å². The molecule has 0 amide bonds. The van der Waals surface area contributed by atoms with Crippen molar-refractivity contribution in [3.05, 3.63) is 18.0 Å². The summed E-state index contributed by atoms with van der Waals surface area (Å²) in [5, 5.41) is 8.89. The molecule has 2 N–H and O–H groups in total. The summed E-state index contributed by atoms with van der Waals surface area (Å²) in [6.07, 6.45) is 3.26. The van der Waals surface area contributed by atoms with Gasteiger partial charge in [0.15, 0.2) is 0 Å². The first-order valence-corrected chi connectivity index (χ1v) is 6.79. The summed E-state index contributed by atoms with van der Waals surface area (Å²) in [5.74, 6) is 0. The Hall–Kier alpha value is -0.850. The van der Waals surface area contributed by atoms with Gasteiger partial charge in [0.25, 0.3) is 0 Å². The number of aliphatic hydroxyl groups is 1. The molecule has 16 heavy (non-hydrogen) atoms. The lowest BCUT2D eigenvalue weighted by Crippen LogP contribution is -2.33. The van der Waals surface area contributed by atoms with Crippen molar-refractivity contribution in [2.75, 3.05) is 6.54 Å². The van der Waals surface area contributed by atoms with E-state index in [0.717, 1.165) is 12.8 Å². The highest BCUT2D eigenvalue weighted by Crippen LogP contribution is 2.25. The van der Waals surface area contributed by atoms with Gasteiger partial charge in [-0.25, -0.2) is 8.42 Å². The van der Waals surface area contributed by atoms with Gasteiger partial charge >= 0.3 is 0 Å². The zero-order valence-electron chi connectivity index (χ0n) is 9.18. The van der Waals surface area contributed by atoms with Gasteiger partial charge in [-0.15, -0.1) is 0 Å². The second-order valence-electron chi connectivity index (χ2n) is 4.13. The Balaban J connectivity index is 2.31. The lowest BCUT2D eigenvalue weighted by molar-refractivity contribution is 0.277. The molecule has 0 aliphatic carbocycles. The van der Waals surface area contributed by atoms with Crippen molar-refractivity contribution >= 4 is 10.0 Å². The number of aromatic nitrogens is 1. The summed E-state index contributed by atoms with van der Waals surface area (Å²) in [6.45, 7) is 2.33. The third-order valence-corrected chi connectivity index (χ3v) is 4.98. The highest BCUT2D eigenvalue weighted by atomic mass is 32.2. The van der Waals surface area contributed by atoms with Crippen molar-refractivity contribution in [3.8, 4) is 0 Å². The number of rotatable bonds is 3. The van der Waals surface area contributed by atoms with E-state index >= 15 is 0 Å². The van der Waals surface area contributed by atoms with Gasteiger partial charge in [-0.3, -0.25) is 0 Å². The highest BCUT2D eigenvalue weighted by Gasteiger charge is 2.32. The van der Waals surface area contributed by atoms with Gasteiger partial charge in [0.1, 0.15) is 0 Å². The molecule has 0 aromatic carbocycles. The molecule has 0 spiro atoms. The van der Waals surface area contributed by atoms with Crippen LogP contribution in [0.1, 0.15) is 25.5 Å². The van der Waals surface area contributed by atoms with E-state index in [2.05, 4.69) is 4.98 Å². The number of aliphatic hydroxyl groups excluding tert-OH is 1. The first kappa shape index (κ1) is 11.6. The average molecular weight is 244 g/mol. The fraction of sp³-hybridized carbons (Fsp3) is 0.600. The quantitative estimate of drug-likeness (QED) is 0.821. The molecule has 1 fully saturated rings. The Morgan fingerprint density at radius 1 is 1.62 bits per heavy atom. The van der Waals surface area contributed by atoms with Crippen LogP contribution in [0.15, 0.2) is 17.2 Å². The molecule has 1 aromatic heterocycles. The molecule has 1 aliphatic rings. The molecule has 0 saturated carbocycles. The van der Waals surface area contributed by atoms with Crippen LogP contribution in [0.3, 0.4) is 0 Å². The zero-order chi connectivity index (χ0) is 11.8. The number of nitrogens with one attached hydrogen (secondary N) is 1. The molecule has 0 radical (unpaired) electrons. The number of H-pyrrole nitrogens is 1. The smallest absolute Gasteiger partial charge is 0.244 e. The largest absolute Gasteiger partial charge is 0.390 e. The second kappa shape index (κ2) is 4.20. The maximum absolute atomic E-state index is 12.2. The third kappa shape index (κ3) is 1.88. The van der Waals surface area contributed by atoms with Crippen molar-refractivity contribution in [2.24, 2.45) is 0 Å². The molecule has 6 heteroatoms. The molecule has 0 bridgehead atoms. The van der Waals surface area contributed by atoms with E-state index in [1.54, 1.807) is 0 Å². The normalized spacial score (nSPS) is 22.8. The standard InChI is InChI=1S/C10H16N2O3S/c1-8-3-2-4-12(8)16(14,15)10-5-9(7-13)11-6-10/h5-6,8,11,13H,2-4,7H2,1H3. The molecule has 1 atom stereocenters. The highest BCUT2D eigenvalue weighted by molar-refractivity contribution is 7.89. The van der Waals surface area contributed by atoms with Crippen molar-refractivity contribution in [3.63, 3.8) is 0 Å². The molecule has 90 valence electrons. The number of hydrogen-bond donors (Lipinski definition) is 2. The van der Waals surface area contributed by atoms with Crippen molar-refractivity contribution in [2.45, 2.75) is 37.3 Å². The molecule has 2 rings (SSSR count). The van der Waals surface area contributed by atoms with E-state index in [4.69, 9.17) is 5.11 Å². The lowest BCUT2D eigenvalue weighted by atomic mass is 10.3. The Labute approximate surface area is 95.1 Å². The topological polar surface area (TPSA) is 73.4 Å². The van der Waals surface area contributed by atoms with Crippen LogP contribution in [0.25, 0.3) is 0 Å². The van der Waals surface area contributed by atoms with Crippen LogP contribution in [0.4, 0.5) is 0 Å². The number of nitrogens with zero attached hydrogens (tertiary/aromatic N) is 1. The van der Waals surface area contributed by atoms with Crippen LogP contribution >= 0.6 is 0 Å². The first-order valence-electron chi connectivity index (χ1n) is 5.35. The summed E-state index contributed by atoms with van der Waals surface area (Å²) >= 11 is 0. The molecule has 1 aliphatic heterocycles. The maximum atomic E-state index is 12.2. The van der Waals surface area contributed by atoms with Gasteiger partial charge in [-0.05, 0) is 25.8 Å². The minimum Gasteiger partial charge on any atom is -0.390 e. The fourth-order valence-electron chi connectivity index (χ4n) is 2.06. The minimum atomic E-state index is -3.39. The molecule has 1 saturated heterocycles. The van der Waals surface area contributed by atoms with Crippen LogP contribution in [0.5, 0.6) is 0 Å². The van der Waals surface area contributed by atoms with E-state index < -0.39 is 10.0 Å². The van der Waals surface area contributed by atoms with Crippen LogP contribution in [-0.4, -0.2) is 35.4 Å². The molecule has 2 heterocycles. The van der Waals surface area contributed by atoms with Crippen LogP contribution in [0.2, 0.25) is 0 Å². The number of hydrogen-bond acceptors (Lipinski definition) is 3.